The van der Waals surface area contributed by atoms with Gasteiger partial charge in [0, 0.05) is 44.7 Å². The number of hydrogen-bond acceptors (Lipinski definition) is 3. The summed E-state index contributed by atoms with van der Waals surface area (Å²) in [4.78, 5) is 30.8. The van der Waals surface area contributed by atoms with E-state index in [1.807, 2.05) is 41.3 Å². The second kappa shape index (κ2) is 8.98. The normalized spacial score (nSPS) is 18.2. The lowest BCUT2D eigenvalue weighted by atomic mass is 9.90. The van der Waals surface area contributed by atoms with Crippen LogP contribution >= 0.6 is 0 Å². The van der Waals surface area contributed by atoms with Crippen molar-refractivity contribution < 1.29 is 9.59 Å². The number of carbonyl (C=O) groups is 2. The molecule has 2 aliphatic rings. The van der Waals surface area contributed by atoms with E-state index in [0.717, 1.165) is 24.2 Å². The number of fused-ring (bicyclic) bond motifs is 2. The molecule has 2 heterocycles. The molecule has 2 aliphatic heterocycles. The zero-order valence-corrected chi connectivity index (χ0v) is 17.1. The van der Waals surface area contributed by atoms with Crippen LogP contribution in [0.1, 0.15) is 29.0 Å². The van der Waals surface area contributed by atoms with Gasteiger partial charge < -0.3 is 20.9 Å². The highest BCUT2D eigenvalue weighted by Crippen LogP contribution is 2.31. The Kier molecular flexibility index (Phi) is 5.97. The van der Waals surface area contributed by atoms with Crippen LogP contribution < -0.4 is 16.0 Å². The number of nitrogens with zero attached hydrogens (tertiary/aromatic N) is 2. The van der Waals surface area contributed by atoms with Gasteiger partial charge in [-0.1, -0.05) is 42.5 Å². The first-order valence-corrected chi connectivity index (χ1v) is 10.3. The van der Waals surface area contributed by atoms with Gasteiger partial charge in [-0.25, -0.2) is 0 Å². The molecular formula is C23H27N5O2. The van der Waals surface area contributed by atoms with Crippen molar-refractivity contribution in [2.45, 2.75) is 25.3 Å². The highest BCUT2D eigenvalue weighted by atomic mass is 16.2. The number of aliphatic imine (C=N–C) groups is 1. The first-order chi connectivity index (χ1) is 14.6. The summed E-state index contributed by atoms with van der Waals surface area (Å²) < 4.78 is 0. The maximum atomic E-state index is 12.7. The van der Waals surface area contributed by atoms with Crippen LogP contribution in [-0.2, 0) is 22.6 Å². The molecule has 0 aliphatic carbocycles. The van der Waals surface area contributed by atoms with E-state index in [1.54, 1.807) is 7.05 Å². The molecule has 0 radical (unpaired) electrons. The SMILES string of the molecule is CN=C(NCC(=O)N1CCc2ccccc2C1)NCC1CC(=O)Nc2ccccc21. The Balaban J connectivity index is 1.30. The Morgan fingerprint density at radius 2 is 1.90 bits per heavy atom. The summed E-state index contributed by atoms with van der Waals surface area (Å²) in [6, 6.07) is 16.1. The van der Waals surface area contributed by atoms with Crippen LogP contribution in [0.15, 0.2) is 53.5 Å². The molecule has 30 heavy (non-hydrogen) atoms. The molecule has 1 atom stereocenters. The smallest absolute Gasteiger partial charge is 0.242 e. The number of nitrogens with one attached hydrogen (secondary N) is 3. The fourth-order valence-electron chi connectivity index (χ4n) is 4.10. The van der Waals surface area contributed by atoms with Crippen LogP contribution in [0.25, 0.3) is 0 Å². The van der Waals surface area contributed by atoms with E-state index in [-0.39, 0.29) is 24.3 Å². The quantitative estimate of drug-likeness (QED) is 0.535. The van der Waals surface area contributed by atoms with Gasteiger partial charge in [0.05, 0.1) is 6.54 Å². The summed E-state index contributed by atoms with van der Waals surface area (Å²) in [6.07, 6.45) is 1.31. The topological polar surface area (TPSA) is 85.8 Å². The van der Waals surface area contributed by atoms with Crippen molar-refractivity contribution >= 4 is 23.5 Å². The largest absolute Gasteiger partial charge is 0.356 e. The summed E-state index contributed by atoms with van der Waals surface area (Å²) in [7, 11) is 1.68. The van der Waals surface area contributed by atoms with Crippen molar-refractivity contribution in [3.63, 3.8) is 0 Å². The third-order valence-electron chi connectivity index (χ3n) is 5.74. The molecular weight excluding hydrogens is 378 g/mol. The molecule has 0 bridgehead atoms. The minimum Gasteiger partial charge on any atom is -0.356 e. The summed E-state index contributed by atoms with van der Waals surface area (Å²) in [5, 5.41) is 9.29. The van der Waals surface area contributed by atoms with E-state index in [1.165, 1.54) is 11.1 Å². The molecule has 0 saturated carbocycles. The van der Waals surface area contributed by atoms with Gasteiger partial charge in [-0.15, -0.1) is 0 Å². The second-order valence-electron chi connectivity index (χ2n) is 7.68. The van der Waals surface area contributed by atoms with Gasteiger partial charge in [-0.3, -0.25) is 14.6 Å². The second-order valence-corrected chi connectivity index (χ2v) is 7.68. The third kappa shape index (κ3) is 4.45. The first kappa shape index (κ1) is 19.9. The summed E-state index contributed by atoms with van der Waals surface area (Å²) in [5.41, 5.74) is 4.52. The number of guanidine groups is 1. The summed E-state index contributed by atoms with van der Waals surface area (Å²) >= 11 is 0. The number of anilines is 1. The Bertz CT molecular complexity index is 972. The molecule has 0 spiro atoms. The molecule has 7 nitrogen and oxygen atoms in total. The zero-order chi connectivity index (χ0) is 20.9. The number of benzene rings is 2. The van der Waals surface area contributed by atoms with Crippen molar-refractivity contribution in [2.75, 3.05) is 32.0 Å². The standard InChI is InChI=1S/C23H27N5O2/c1-24-23(25-13-18-12-21(29)27-20-9-5-4-8-19(18)20)26-14-22(30)28-11-10-16-6-2-3-7-17(16)15-28/h2-9,18H,10-15H2,1H3,(H,27,29)(H2,24,25,26). The number of hydrogen-bond donors (Lipinski definition) is 3. The molecule has 2 aromatic carbocycles. The molecule has 0 fully saturated rings. The van der Waals surface area contributed by atoms with E-state index in [9.17, 15) is 9.59 Å². The van der Waals surface area contributed by atoms with Gasteiger partial charge in [-0.05, 0) is 29.2 Å². The molecule has 156 valence electrons. The number of para-hydroxylation sites is 1. The Labute approximate surface area is 176 Å². The fraction of sp³-hybridized carbons (Fsp3) is 0.348. The predicted octanol–water partition coefficient (Wildman–Crippen LogP) is 1.86. The molecule has 7 heteroatoms. The molecule has 4 rings (SSSR count). The van der Waals surface area contributed by atoms with E-state index in [4.69, 9.17) is 0 Å². The van der Waals surface area contributed by atoms with Gasteiger partial charge in [-0.2, -0.15) is 0 Å². The molecule has 0 aromatic heterocycles. The van der Waals surface area contributed by atoms with E-state index >= 15 is 0 Å². The monoisotopic (exact) mass is 405 g/mol. The highest BCUT2D eigenvalue weighted by molar-refractivity contribution is 5.95. The fourth-order valence-corrected chi connectivity index (χ4v) is 4.10. The van der Waals surface area contributed by atoms with Gasteiger partial charge in [0.1, 0.15) is 0 Å². The molecule has 2 aromatic rings. The average molecular weight is 406 g/mol. The van der Waals surface area contributed by atoms with E-state index in [0.29, 0.717) is 25.5 Å². The summed E-state index contributed by atoms with van der Waals surface area (Å²) in [6.45, 7) is 2.13. The van der Waals surface area contributed by atoms with E-state index in [2.05, 4.69) is 33.1 Å². The highest BCUT2D eigenvalue weighted by Gasteiger charge is 2.25. The number of carbonyl (C=O) groups excluding carboxylic acids is 2. The lowest BCUT2D eigenvalue weighted by Gasteiger charge is -2.29. The number of rotatable bonds is 4. The van der Waals surface area contributed by atoms with Crippen LogP contribution in [0.5, 0.6) is 0 Å². The van der Waals surface area contributed by atoms with Gasteiger partial charge in [0.2, 0.25) is 11.8 Å². The maximum absolute atomic E-state index is 12.7. The Hall–Kier alpha value is -3.35. The van der Waals surface area contributed by atoms with Crippen LogP contribution in [0.3, 0.4) is 0 Å². The molecule has 1 unspecified atom stereocenters. The maximum Gasteiger partial charge on any atom is 0.242 e. The van der Waals surface area contributed by atoms with Gasteiger partial charge in [0.25, 0.3) is 0 Å². The predicted molar refractivity (Wildman–Crippen MR) is 117 cm³/mol. The zero-order valence-electron chi connectivity index (χ0n) is 17.1. The van der Waals surface area contributed by atoms with Crippen LogP contribution in [0, 0.1) is 0 Å². The van der Waals surface area contributed by atoms with Gasteiger partial charge >= 0.3 is 0 Å². The Morgan fingerprint density at radius 1 is 1.13 bits per heavy atom. The number of amides is 2. The van der Waals surface area contributed by atoms with E-state index < -0.39 is 0 Å². The van der Waals surface area contributed by atoms with Crippen LogP contribution in [0.2, 0.25) is 0 Å². The minimum atomic E-state index is 0.0176. The van der Waals surface area contributed by atoms with Crippen molar-refractivity contribution in [3.05, 3.63) is 65.2 Å². The third-order valence-corrected chi connectivity index (χ3v) is 5.74. The average Bonchev–Trinajstić information content (AvgIpc) is 2.78. The van der Waals surface area contributed by atoms with Gasteiger partial charge in [0.15, 0.2) is 5.96 Å². The molecule has 2 amide bonds. The first-order valence-electron chi connectivity index (χ1n) is 10.3. The molecule has 3 N–H and O–H groups in total. The van der Waals surface area contributed by atoms with Crippen LogP contribution in [-0.4, -0.2) is 49.4 Å². The van der Waals surface area contributed by atoms with Crippen LogP contribution in [0.4, 0.5) is 5.69 Å². The lowest BCUT2D eigenvalue weighted by Crippen LogP contribution is -2.46. The van der Waals surface area contributed by atoms with Crippen molar-refractivity contribution in [3.8, 4) is 0 Å². The molecule has 0 saturated heterocycles. The lowest BCUT2D eigenvalue weighted by molar-refractivity contribution is -0.130. The minimum absolute atomic E-state index is 0.0176. The van der Waals surface area contributed by atoms with Crippen molar-refractivity contribution in [1.82, 2.24) is 15.5 Å². The summed E-state index contributed by atoms with van der Waals surface area (Å²) in [5.74, 6) is 0.686. The Morgan fingerprint density at radius 3 is 2.73 bits per heavy atom. The van der Waals surface area contributed by atoms with Crippen molar-refractivity contribution in [2.24, 2.45) is 4.99 Å². The van der Waals surface area contributed by atoms with Crippen molar-refractivity contribution in [1.29, 1.82) is 0 Å².